The van der Waals surface area contributed by atoms with E-state index in [-0.39, 0.29) is 35.4 Å². The Morgan fingerprint density at radius 2 is 1.77 bits per heavy atom. The van der Waals surface area contributed by atoms with E-state index in [1.54, 1.807) is 0 Å². The average molecular weight is 439 g/mol. The summed E-state index contributed by atoms with van der Waals surface area (Å²) >= 11 is 5.89. The van der Waals surface area contributed by atoms with Crippen LogP contribution < -0.4 is 5.32 Å². The first-order valence-electron chi connectivity index (χ1n) is 9.60. The molecule has 1 N–H and O–H groups in total. The summed E-state index contributed by atoms with van der Waals surface area (Å²) < 4.78 is 38.1. The number of benzene rings is 1. The first-order chi connectivity index (χ1) is 14.0. The van der Waals surface area contributed by atoms with E-state index in [1.807, 2.05) is 32.9 Å². The van der Waals surface area contributed by atoms with E-state index < -0.39 is 23.6 Å². The van der Waals surface area contributed by atoms with E-state index in [2.05, 4.69) is 10.3 Å². The molecule has 0 bridgehead atoms. The van der Waals surface area contributed by atoms with Crippen molar-refractivity contribution in [3.63, 3.8) is 0 Å². The van der Waals surface area contributed by atoms with Crippen molar-refractivity contribution in [2.75, 3.05) is 11.9 Å². The fraction of sp³-hybridized carbons (Fsp3) is 0.409. The fourth-order valence-corrected chi connectivity index (χ4v) is 4.37. The van der Waals surface area contributed by atoms with Gasteiger partial charge in [-0.25, -0.2) is 4.98 Å². The summed E-state index contributed by atoms with van der Waals surface area (Å²) in [6.45, 7) is 6.05. The molecule has 0 radical (unpaired) electrons. The number of Topliss-reactive ketones (excluding diaryl/α,β-unsaturated/α-hetero) is 2. The minimum atomic E-state index is -4.52. The quantitative estimate of drug-likeness (QED) is 0.633. The van der Waals surface area contributed by atoms with Gasteiger partial charge in [0.15, 0.2) is 5.78 Å². The van der Waals surface area contributed by atoms with Crippen LogP contribution >= 0.6 is 11.6 Å². The molecule has 0 spiro atoms. The molecule has 0 amide bonds. The van der Waals surface area contributed by atoms with E-state index in [1.165, 1.54) is 0 Å². The predicted octanol–water partition coefficient (Wildman–Crippen LogP) is 5.42. The minimum Gasteiger partial charge on any atom is -0.369 e. The number of anilines is 1. The molecule has 2 unspecified atom stereocenters. The van der Waals surface area contributed by atoms with Gasteiger partial charge in [-0.1, -0.05) is 29.3 Å². The Balaban J connectivity index is 1.67. The first-order valence-corrected chi connectivity index (χ1v) is 9.97. The van der Waals surface area contributed by atoms with Gasteiger partial charge >= 0.3 is 6.18 Å². The SMILES string of the molecule is Cc1cc(C)c(C2C(=O)CC(CCNc3ncc(C(F)(F)F)cc3Cl)C2=O)c(C)c1. The monoisotopic (exact) mass is 438 g/mol. The number of hydrogen-bond donors (Lipinski definition) is 1. The maximum Gasteiger partial charge on any atom is 0.417 e. The van der Waals surface area contributed by atoms with Crippen LogP contribution in [0.2, 0.25) is 5.02 Å². The molecule has 8 heteroatoms. The Kier molecular flexibility index (Phi) is 6.22. The largest absolute Gasteiger partial charge is 0.417 e. The molecule has 1 heterocycles. The molecule has 2 aromatic rings. The number of halogens is 4. The van der Waals surface area contributed by atoms with Gasteiger partial charge in [-0.05, 0) is 49.9 Å². The molecule has 1 aliphatic carbocycles. The molecule has 4 nitrogen and oxygen atoms in total. The Morgan fingerprint density at radius 1 is 1.13 bits per heavy atom. The Labute approximate surface area is 177 Å². The van der Waals surface area contributed by atoms with E-state index in [0.717, 1.165) is 28.3 Å². The van der Waals surface area contributed by atoms with Gasteiger partial charge in [-0.15, -0.1) is 0 Å². The lowest BCUT2D eigenvalue weighted by molar-refractivity contribution is -0.137. The maximum atomic E-state index is 13.0. The number of aryl methyl sites for hydroxylation is 3. The van der Waals surface area contributed by atoms with E-state index in [4.69, 9.17) is 11.6 Å². The molecule has 1 fully saturated rings. The third-order valence-corrected chi connectivity index (χ3v) is 5.73. The molecular weight excluding hydrogens is 417 g/mol. The van der Waals surface area contributed by atoms with Gasteiger partial charge in [0, 0.05) is 25.1 Å². The second-order valence-corrected chi connectivity index (χ2v) is 8.19. The van der Waals surface area contributed by atoms with Crippen LogP contribution in [0, 0.1) is 26.7 Å². The number of pyridine rings is 1. The smallest absolute Gasteiger partial charge is 0.369 e. The van der Waals surface area contributed by atoms with Crippen molar-refractivity contribution >= 4 is 29.0 Å². The summed E-state index contributed by atoms with van der Waals surface area (Å²) in [5.74, 6) is -1.27. The first kappa shape index (κ1) is 22.3. The molecule has 160 valence electrons. The minimum absolute atomic E-state index is 0.0919. The van der Waals surface area contributed by atoms with Crippen molar-refractivity contribution in [2.45, 2.75) is 45.7 Å². The topological polar surface area (TPSA) is 59.1 Å². The van der Waals surface area contributed by atoms with Crippen molar-refractivity contribution < 1.29 is 22.8 Å². The molecule has 1 aliphatic rings. The highest BCUT2D eigenvalue weighted by molar-refractivity contribution is 6.33. The van der Waals surface area contributed by atoms with Crippen LogP contribution in [0.1, 0.15) is 46.6 Å². The van der Waals surface area contributed by atoms with Gasteiger partial charge < -0.3 is 5.32 Å². The summed E-state index contributed by atoms with van der Waals surface area (Å²) in [7, 11) is 0. The molecule has 0 saturated heterocycles. The highest BCUT2D eigenvalue weighted by Crippen LogP contribution is 2.37. The maximum absolute atomic E-state index is 13.0. The number of alkyl halides is 3. The van der Waals surface area contributed by atoms with Crippen LogP contribution in [0.5, 0.6) is 0 Å². The van der Waals surface area contributed by atoms with Crippen LogP contribution in [-0.4, -0.2) is 23.1 Å². The Bertz CT molecular complexity index is 981. The molecule has 3 rings (SSSR count). The van der Waals surface area contributed by atoms with Crippen molar-refractivity contribution in [1.29, 1.82) is 0 Å². The van der Waals surface area contributed by atoms with Crippen LogP contribution in [0.15, 0.2) is 24.4 Å². The van der Waals surface area contributed by atoms with Crippen molar-refractivity contribution in [1.82, 2.24) is 4.98 Å². The number of nitrogens with one attached hydrogen (secondary N) is 1. The van der Waals surface area contributed by atoms with Gasteiger partial charge in [0.05, 0.1) is 10.6 Å². The molecule has 30 heavy (non-hydrogen) atoms. The molecule has 0 aliphatic heterocycles. The zero-order valence-electron chi connectivity index (χ0n) is 16.9. The molecular formula is C22H22ClF3N2O2. The second kappa shape index (κ2) is 8.38. The highest BCUT2D eigenvalue weighted by Gasteiger charge is 2.42. The normalized spacial score (nSPS) is 19.4. The van der Waals surface area contributed by atoms with E-state index in [0.29, 0.717) is 12.6 Å². The number of rotatable bonds is 5. The third-order valence-electron chi connectivity index (χ3n) is 5.44. The van der Waals surface area contributed by atoms with Gasteiger partial charge in [0.2, 0.25) is 0 Å². The number of carbonyl (C=O) groups excluding carboxylic acids is 2. The van der Waals surface area contributed by atoms with Gasteiger partial charge in [0.25, 0.3) is 0 Å². The van der Waals surface area contributed by atoms with Gasteiger partial charge in [0.1, 0.15) is 17.5 Å². The van der Waals surface area contributed by atoms with Crippen molar-refractivity contribution in [2.24, 2.45) is 5.92 Å². The molecule has 1 aromatic heterocycles. The summed E-state index contributed by atoms with van der Waals surface area (Å²) in [5, 5.41) is 2.71. The third kappa shape index (κ3) is 4.51. The summed E-state index contributed by atoms with van der Waals surface area (Å²) in [5.41, 5.74) is 2.80. The van der Waals surface area contributed by atoms with Crippen molar-refractivity contribution in [3.05, 3.63) is 57.2 Å². The summed E-state index contributed by atoms with van der Waals surface area (Å²) in [6, 6.07) is 4.74. The lowest BCUT2D eigenvalue weighted by Crippen LogP contribution is -2.19. The zero-order chi connectivity index (χ0) is 22.2. The lowest BCUT2D eigenvalue weighted by Gasteiger charge is -2.16. The van der Waals surface area contributed by atoms with Crippen LogP contribution in [0.25, 0.3) is 0 Å². The standard InChI is InChI=1S/C22H22ClF3N2O2/c1-11-6-12(2)18(13(3)7-11)19-17(29)8-14(20(19)30)4-5-27-21-16(23)9-15(10-28-21)22(24,25)26/h6-7,9-10,14,19H,4-5,8H2,1-3H3,(H,27,28). The van der Waals surface area contributed by atoms with Crippen molar-refractivity contribution in [3.8, 4) is 0 Å². The Morgan fingerprint density at radius 3 is 2.33 bits per heavy atom. The fourth-order valence-electron chi connectivity index (χ4n) is 4.14. The lowest BCUT2D eigenvalue weighted by atomic mass is 9.86. The van der Waals surface area contributed by atoms with Gasteiger partial charge in [-0.3, -0.25) is 9.59 Å². The zero-order valence-corrected chi connectivity index (χ0v) is 17.6. The predicted molar refractivity (Wildman–Crippen MR) is 109 cm³/mol. The number of ketones is 2. The van der Waals surface area contributed by atoms with Crippen LogP contribution in [-0.2, 0) is 15.8 Å². The number of carbonyl (C=O) groups is 2. The summed E-state index contributed by atoms with van der Waals surface area (Å²) in [4.78, 5) is 29.3. The number of hydrogen-bond acceptors (Lipinski definition) is 4. The van der Waals surface area contributed by atoms with E-state index >= 15 is 0 Å². The molecule has 2 atom stereocenters. The molecule has 1 saturated carbocycles. The second-order valence-electron chi connectivity index (χ2n) is 7.78. The van der Waals surface area contributed by atoms with E-state index in [9.17, 15) is 22.8 Å². The Hall–Kier alpha value is -2.41. The number of nitrogens with zero attached hydrogens (tertiary/aromatic N) is 1. The van der Waals surface area contributed by atoms with Crippen LogP contribution in [0.3, 0.4) is 0 Å². The molecule has 1 aromatic carbocycles. The number of aromatic nitrogens is 1. The van der Waals surface area contributed by atoms with Crippen LogP contribution in [0.4, 0.5) is 19.0 Å². The van der Waals surface area contributed by atoms with Gasteiger partial charge in [-0.2, -0.15) is 13.2 Å². The highest BCUT2D eigenvalue weighted by atomic mass is 35.5. The average Bonchev–Trinajstić information content (AvgIpc) is 2.89. The summed E-state index contributed by atoms with van der Waals surface area (Å²) in [6.07, 6.45) is -3.29.